The highest BCUT2D eigenvalue weighted by Crippen LogP contribution is 2.42. The predicted octanol–water partition coefficient (Wildman–Crippen LogP) is 6.66. The van der Waals surface area contributed by atoms with Crippen LogP contribution in [0.1, 0.15) is 87.1 Å². The summed E-state index contributed by atoms with van der Waals surface area (Å²) in [6.07, 6.45) is 5.66. The third kappa shape index (κ3) is 6.84. The topological polar surface area (TPSA) is 142 Å². The van der Waals surface area contributed by atoms with Gasteiger partial charge in [-0.05, 0) is 61.3 Å². The van der Waals surface area contributed by atoms with Gasteiger partial charge in [0.05, 0.1) is 56.1 Å². The van der Waals surface area contributed by atoms with E-state index in [9.17, 15) is 14.4 Å². The summed E-state index contributed by atoms with van der Waals surface area (Å²) in [4.78, 5) is 54.3. The van der Waals surface area contributed by atoms with Gasteiger partial charge in [-0.2, -0.15) is 0 Å². The first-order chi connectivity index (χ1) is 25.3. The molecule has 2 aromatic carbocycles. The summed E-state index contributed by atoms with van der Waals surface area (Å²) in [5.74, 6) is 0.861. The minimum Gasteiger partial charge on any atom is -0.453 e. The van der Waals surface area contributed by atoms with Gasteiger partial charge in [-0.1, -0.05) is 55.5 Å². The van der Waals surface area contributed by atoms with Crippen LogP contribution in [0.25, 0.3) is 33.6 Å². The number of aromatic amines is 2. The van der Waals surface area contributed by atoms with E-state index < -0.39 is 18.2 Å². The number of aromatic nitrogens is 3. The lowest BCUT2D eigenvalue weighted by molar-refractivity contribution is -0.137. The molecular formula is C40H48N6O6. The smallest absolute Gasteiger partial charge is 0.407 e. The molecule has 3 aliphatic rings. The number of likely N-dealkylation sites (tertiary alicyclic amines) is 2. The number of carbonyl (C=O) groups is 3. The van der Waals surface area contributed by atoms with Gasteiger partial charge in [0.15, 0.2) is 0 Å². The molecule has 2 fully saturated rings. The van der Waals surface area contributed by atoms with Crippen LogP contribution < -0.4 is 5.32 Å². The van der Waals surface area contributed by atoms with E-state index in [4.69, 9.17) is 14.2 Å². The average molecular weight is 709 g/mol. The SMILES string of the molecule is CCCC(=O)N1CCC[C@H]1c1ncc(-c2ccc(-c3ccc(-c4[nH]c([C@@H]5CCCN5C(=O)[C@@H](NC(=O)OC)[C@@H](C)OC)c5c4COC5)cc3)cc2)[nH]1. The Morgan fingerprint density at radius 1 is 0.885 bits per heavy atom. The van der Waals surface area contributed by atoms with E-state index in [0.29, 0.717) is 26.2 Å². The fourth-order valence-electron chi connectivity index (χ4n) is 7.95. The molecule has 0 radical (unpaired) electrons. The minimum absolute atomic E-state index is 0.0149. The first kappa shape index (κ1) is 35.5. The molecule has 12 nitrogen and oxygen atoms in total. The number of hydrogen-bond acceptors (Lipinski definition) is 7. The van der Waals surface area contributed by atoms with Crippen LogP contribution in [-0.2, 0) is 37.0 Å². The Kier molecular flexibility index (Phi) is 10.5. The highest BCUT2D eigenvalue weighted by atomic mass is 16.5. The first-order valence-corrected chi connectivity index (χ1v) is 18.4. The normalized spacial score (nSPS) is 19.5. The van der Waals surface area contributed by atoms with Crippen LogP contribution in [0.4, 0.5) is 4.79 Å². The van der Waals surface area contributed by atoms with Crippen LogP contribution in [0, 0.1) is 0 Å². The Bertz CT molecular complexity index is 1900. The van der Waals surface area contributed by atoms with Crippen molar-refractivity contribution in [2.24, 2.45) is 0 Å². The third-order valence-corrected chi connectivity index (χ3v) is 10.8. The molecule has 5 heterocycles. The van der Waals surface area contributed by atoms with Gasteiger partial charge < -0.3 is 39.3 Å². The Labute approximate surface area is 304 Å². The van der Waals surface area contributed by atoms with Gasteiger partial charge in [-0.15, -0.1) is 0 Å². The Hall–Kier alpha value is -4.94. The molecule has 3 aliphatic heterocycles. The zero-order valence-electron chi connectivity index (χ0n) is 30.4. The highest BCUT2D eigenvalue weighted by Gasteiger charge is 2.40. The zero-order chi connectivity index (χ0) is 36.4. The summed E-state index contributed by atoms with van der Waals surface area (Å²) < 4.78 is 16.2. The fourth-order valence-corrected chi connectivity index (χ4v) is 7.95. The zero-order valence-corrected chi connectivity index (χ0v) is 30.4. The lowest BCUT2D eigenvalue weighted by Crippen LogP contribution is -2.54. The molecule has 2 saturated heterocycles. The van der Waals surface area contributed by atoms with Gasteiger partial charge in [0, 0.05) is 43.4 Å². The average Bonchev–Trinajstić information content (AvgIpc) is 4.02. The molecular weight excluding hydrogens is 660 g/mol. The molecule has 7 rings (SSSR count). The summed E-state index contributed by atoms with van der Waals surface area (Å²) in [6.45, 7) is 6.16. The Morgan fingerprint density at radius 2 is 1.52 bits per heavy atom. The van der Waals surface area contributed by atoms with Crippen LogP contribution in [0.3, 0.4) is 0 Å². The number of hydrogen-bond donors (Lipinski definition) is 3. The number of amides is 3. The number of alkyl carbamates (subject to hydrolysis) is 1. The second-order valence-corrected chi connectivity index (χ2v) is 13.9. The number of methoxy groups -OCH3 is 2. The number of fused-ring (bicyclic) bond motifs is 1. The van der Waals surface area contributed by atoms with Crippen LogP contribution in [0.5, 0.6) is 0 Å². The predicted molar refractivity (Wildman–Crippen MR) is 196 cm³/mol. The molecule has 4 atom stereocenters. The standard InChI is InChI=1S/C40H48N6O6/c1-5-8-34(47)45-19-7-10-33(45)38-41-21-31(42-38)27-15-11-25(12-16-27)26-13-17-28(18-14-26)36-29-22-52-23-30(29)37(43-36)32-9-6-20-46(32)39(48)35(24(2)50-3)44-40(49)51-4/h11-18,21,24,32-33,35,43H,5-10,19-20,22-23H2,1-4H3,(H,41,42)(H,44,49)/t24-,32+,33+,35+/m1/s1. The summed E-state index contributed by atoms with van der Waals surface area (Å²) in [5, 5.41) is 2.67. The molecule has 12 heteroatoms. The fraction of sp³-hybridized carbons (Fsp3) is 0.450. The second kappa shape index (κ2) is 15.3. The van der Waals surface area contributed by atoms with E-state index in [1.54, 1.807) is 6.92 Å². The van der Waals surface area contributed by atoms with Crippen molar-refractivity contribution in [3.8, 4) is 33.6 Å². The number of nitrogens with one attached hydrogen (secondary N) is 3. The summed E-state index contributed by atoms with van der Waals surface area (Å²) in [5.41, 5.74) is 9.45. The van der Waals surface area contributed by atoms with Crippen molar-refractivity contribution in [2.75, 3.05) is 27.3 Å². The molecule has 0 unspecified atom stereocenters. The maximum Gasteiger partial charge on any atom is 0.407 e. The molecule has 0 bridgehead atoms. The van der Waals surface area contributed by atoms with Gasteiger partial charge in [0.2, 0.25) is 11.8 Å². The van der Waals surface area contributed by atoms with Crippen molar-refractivity contribution < 1.29 is 28.6 Å². The number of ether oxygens (including phenoxy) is 3. The van der Waals surface area contributed by atoms with Crippen molar-refractivity contribution in [1.29, 1.82) is 0 Å². The lowest BCUT2D eigenvalue weighted by Gasteiger charge is -2.31. The van der Waals surface area contributed by atoms with Crippen LogP contribution in [0.2, 0.25) is 0 Å². The monoisotopic (exact) mass is 708 g/mol. The van der Waals surface area contributed by atoms with E-state index in [-0.39, 0.29) is 23.9 Å². The van der Waals surface area contributed by atoms with Crippen molar-refractivity contribution in [2.45, 2.75) is 89.8 Å². The number of imidazole rings is 1. The second-order valence-electron chi connectivity index (χ2n) is 13.9. The first-order valence-electron chi connectivity index (χ1n) is 18.4. The number of carbonyl (C=O) groups excluding carboxylic acids is 3. The highest BCUT2D eigenvalue weighted by molar-refractivity contribution is 5.87. The van der Waals surface area contributed by atoms with E-state index in [0.717, 1.165) is 94.9 Å². The van der Waals surface area contributed by atoms with Crippen LogP contribution in [0.15, 0.2) is 54.7 Å². The molecule has 0 saturated carbocycles. The van der Waals surface area contributed by atoms with E-state index in [1.165, 1.54) is 14.2 Å². The maximum absolute atomic E-state index is 13.9. The van der Waals surface area contributed by atoms with Crippen molar-refractivity contribution in [3.63, 3.8) is 0 Å². The Morgan fingerprint density at radius 3 is 2.19 bits per heavy atom. The molecule has 2 aromatic heterocycles. The van der Waals surface area contributed by atoms with Gasteiger partial charge in [0.1, 0.15) is 11.9 Å². The molecule has 4 aromatic rings. The van der Waals surface area contributed by atoms with Crippen molar-refractivity contribution in [3.05, 3.63) is 77.4 Å². The summed E-state index contributed by atoms with van der Waals surface area (Å²) in [6, 6.07) is 15.9. The molecule has 3 amide bonds. The number of rotatable bonds is 11. The van der Waals surface area contributed by atoms with Crippen LogP contribution in [-0.4, -0.2) is 82.1 Å². The van der Waals surface area contributed by atoms with Gasteiger partial charge in [-0.25, -0.2) is 9.78 Å². The molecule has 0 spiro atoms. The lowest BCUT2D eigenvalue weighted by atomic mass is 9.99. The van der Waals surface area contributed by atoms with E-state index in [2.05, 4.69) is 68.8 Å². The molecule has 274 valence electrons. The number of nitrogens with zero attached hydrogens (tertiary/aromatic N) is 3. The number of H-pyrrole nitrogens is 2. The summed E-state index contributed by atoms with van der Waals surface area (Å²) >= 11 is 0. The minimum atomic E-state index is -0.875. The Balaban J connectivity index is 1.07. The number of benzene rings is 2. The third-order valence-electron chi connectivity index (χ3n) is 10.8. The van der Waals surface area contributed by atoms with Crippen molar-refractivity contribution in [1.82, 2.24) is 30.1 Å². The molecule has 52 heavy (non-hydrogen) atoms. The molecule has 0 aliphatic carbocycles. The van der Waals surface area contributed by atoms with Crippen molar-refractivity contribution >= 4 is 17.9 Å². The quantitative estimate of drug-likeness (QED) is 0.158. The van der Waals surface area contributed by atoms with Gasteiger partial charge >= 0.3 is 6.09 Å². The van der Waals surface area contributed by atoms with E-state index in [1.807, 2.05) is 22.9 Å². The van der Waals surface area contributed by atoms with Crippen LogP contribution >= 0.6 is 0 Å². The summed E-state index contributed by atoms with van der Waals surface area (Å²) in [7, 11) is 2.80. The molecule has 3 N–H and O–H groups in total. The maximum atomic E-state index is 13.9. The van der Waals surface area contributed by atoms with Gasteiger partial charge in [-0.3, -0.25) is 9.59 Å². The largest absolute Gasteiger partial charge is 0.453 e. The van der Waals surface area contributed by atoms with Gasteiger partial charge in [0.25, 0.3) is 0 Å². The van der Waals surface area contributed by atoms with E-state index >= 15 is 0 Å².